The van der Waals surface area contributed by atoms with Gasteiger partial charge in [0.15, 0.2) is 5.54 Å². The number of rotatable bonds is 7. The summed E-state index contributed by atoms with van der Waals surface area (Å²) < 4.78 is 0. The molecule has 0 aromatic heterocycles. The van der Waals surface area contributed by atoms with Gasteiger partial charge in [0.1, 0.15) is 0 Å². The summed E-state index contributed by atoms with van der Waals surface area (Å²) in [7, 11) is 0. The second-order valence-corrected chi connectivity index (χ2v) is 6.52. The smallest absolute Gasteiger partial charge is 0.333 e. The van der Waals surface area contributed by atoms with Gasteiger partial charge in [0.25, 0.3) is 0 Å². The van der Waals surface area contributed by atoms with Gasteiger partial charge >= 0.3 is 5.97 Å². The van der Waals surface area contributed by atoms with Crippen LogP contribution in [0.25, 0.3) is 0 Å². The van der Waals surface area contributed by atoms with Crippen LogP contribution in [-0.4, -0.2) is 33.9 Å². The molecule has 0 spiro atoms. The highest BCUT2D eigenvalue weighted by Crippen LogP contribution is 2.46. The number of carboxylic acids is 1. The number of unbranched alkanes of at least 4 members (excludes halogenated alkanes) is 1. The molecule has 0 saturated heterocycles. The van der Waals surface area contributed by atoms with Gasteiger partial charge in [0.05, 0.1) is 12.4 Å². The Morgan fingerprint density at radius 1 is 1.36 bits per heavy atom. The number of carboxylic acid groups (broad SMARTS) is 1. The van der Waals surface area contributed by atoms with E-state index in [9.17, 15) is 9.90 Å². The highest BCUT2D eigenvalue weighted by molar-refractivity contribution is 5.85. The molecule has 2 atom stereocenters. The summed E-state index contributed by atoms with van der Waals surface area (Å²) in [5, 5.41) is 9.88. The fourth-order valence-corrected chi connectivity index (χ4v) is 3.55. The predicted octanol–water partition coefficient (Wildman–Crippen LogP) is 3.32. The zero-order valence-electron chi connectivity index (χ0n) is 13.1. The molecule has 3 rings (SSSR count). The summed E-state index contributed by atoms with van der Waals surface area (Å²) in [5.74, 6) is -0.288. The van der Waals surface area contributed by atoms with Crippen molar-refractivity contribution < 1.29 is 9.90 Å². The third-order valence-electron chi connectivity index (χ3n) is 4.84. The molecule has 1 aliphatic heterocycles. The van der Waals surface area contributed by atoms with Crippen molar-refractivity contribution in [2.24, 2.45) is 10.9 Å². The Hall–Kier alpha value is -1.84. The largest absolute Gasteiger partial charge is 0.479 e. The van der Waals surface area contributed by atoms with Crippen LogP contribution < -0.4 is 0 Å². The lowest BCUT2D eigenvalue weighted by molar-refractivity contribution is -0.145. The van der Waals surface area contributed by atoms with Crippen LogP contribution in [0.1, 0.15) is 44.6 Å². The molecule has 1 saturated carbocycles. The highest BCUT2D eigenvalue weighted by Gasteiger charge is 2.56. The van der Waals surface area contributed by atoms with Crippen molar-refractivity contribution in [3.63, 3.8) is 0 Å². The molecule has 1 aliphatic carbocycles. The molecule has 1 fully saturated rings. The number of hydrogen-bond donors (Lipinski definition) is 1. The van der Waals surface area contributed by atoms with E-state index in [4.69, 9.17) is 0 Å². The van der Waals surface area contributed by atoms with E-state index in [1.165, 1.54) is 5.56 Å². The van der Waals surface area contributed by atoms with Crippen molar-refractivity contribution in [1.82, 2.24) is 4.90 Å². The Kier molecular flexibility index (Phi) is 4.19. The van der Waals surface area contributed by atoms with Crippen molar-refractivity contribution in [2.75, 3.05) is 0 Å². The van der Waals surface area contributed by atoms with Crippen molar-refractivity contribution >= 4 is 12.3 Å². The van der Waals surface area contributed by atoms with Crippen LogP contribution in [0.4, 0.5) is 0 Å². The van der Waals surface area contributed by atoms with Crippen molar-refractivity contribution in [3.05, 3.63) is 35.9 Å². The Morgan fingerprint density at radius 3 is 2.68 bits per heavy atom. The number of aliphatic imine (C=N–C) groups is 1. The molecular formula is C18H24N2O2. The van der Waals surface area contributed by atoms with E-state index in [0.29, 0.717) is 12.3 Å². The Balaban J connectivity index is 1.84. The fourth-order valence-electron chi connectivity index (χ4n) is 3.55. The van der Waals surface area contributed by atoms with Crippen LogP contribution in [0, 0.1) is 5.92 Å². The molecule has 22 heavy (non-hydrogen) atoms. The third-order valence-corrected chi connectivity index (χ3v) is 4.84. The monoisotopic (exact) mass is 300 g/mol. The molecule has 2 aliphatic rings. The number of nitrogens with zero attached hydrogens (tertiary/aromatic N) is 2. The van der Waals surface area contributed by atoms with Crippen molar-refractivity contribution in [2.45, 2.75) is 57.2 Å². The number of benzene rings is 1. The van der Waals surface area contributed by atoms with Crippen molar-refractivity contribution in [3.8, 4) is 0 Å². The zero-order valence-corrected chi connectivity index (χ0v) is 13.1. The SMILES string of the molecule is CCCCC1(C(=O)O)N=CN(Cc2ccccc2)C1C1CC1. The van der Waals surface area contributed by atoms with Crippen LogP contribution in [-0.2, 0) is 11.3 Å². The molecule has 1 aromatic rings. The minimum Gasteiger partial charge on any atom is -0.479 e. The molecule has 0 radical (unpaired) electrons. The standard InChI is InChI=1S/C18H24N2O2/c1-2-3-11-18(17(21)22)16(15-9-10-15)20(13-19-18)12-14-7-5-4-6-8-14/h4-8,13,15-16H,2-3,9-12H2,1H3,(H,21,22). The molecule has 1 aromatic carbocycles. The Bertz CT molecular complexity index is 553. The van der Waals surface area contributed by atoms with Crippen LogP contribution in [0.3, 0.4) is 0 Å². The van der Waals surface area contributed by atoms with E-state index < -0.39 is 11.5 Å². The number of hydrogen-bond acceptors (Lipinski definition) is 3. The van der Waals surface area contributed by atoms with Gasteiger partial charge in [-0.05, 0) is 30.7 Å². The molecule has 2 unspecified atom stereocenters. The van der Waals surface area contributed by atoms with Gasteiger partial charge in [-0.3, -0.25) is 4.99 Å². The van der Waals surface area contributed by atoms with Crippen LogP contribution >= 0.6 is 0 Å². The minimum atomic E-state index is -0.939. The third kappa shape index (κ3) is 2.74. The van der Waals surface area contributed by atoms with Crippen LogP contribution in [0.2, 0.25) is 0 Å². The molecule has 118 valence electrons. The molecule has 0 bridgehead atoms. The van der Waals surface area contributed by atoms with Gasteiger partial charge in [-0.2, -0.15) is 0 Å². The first-order valence-corrected chi connectivity index (χ1v) is 8.26. The quantitative estimate of drug-likeness (QED) is 0.840. The van der Waals surface area contributed by atoms with Gasteiger partial charge in [-0.1, -0.05) is 50.1 Å². The molecular weight excluding hydrogens is 276 g/mol. The Morgan fingerprint density at radius 2 is 2.09 bits per heavy atom. The first kappa shape index (κ1) is 15.1. The summed E-state index contributed by atoms with van der Waals surface area (Å²) in [4.78, 5) is 18.7. The summed E-state index contributed by atoms with van der Waals surface area (Å²) in [6, 6.07) is 10.2. The van der Waals surface area contributed by atoms with Crippen molar-refractivity contribution in [1.29, 1.82) is 0 Å². The van der Waals surface area contributed by atoms with E-state index in [1.807, 2.05) is 18.2 Å². The van der Waals surface area contributed by atoms with Gasteiger partial charge in [-0.25, -0.2) is 4.79 Å². The summed E-state index contributed by atoms with van der Waals surface area (Å²) in [6.07, 6.45) is 6.59. The van der Waals surface area contributed by atoms with Gasteiger partial charge in [0.2, 0.25) is 0 Å². The van der Waals surface area contributed by atoms with Gasteiger partial charge in [-0.15, -0.1) is 0 Å². The molecule has 0 amide bonds. The lowest BCUT2D eigenvalue weighted by atomic mass is 9.83. The molecule has 4 nitrogen and oxygen atoms in total. The van der Waals surface area contributed by atoms with E-state index in [2.05, 4.69) is 28.9 Å². The predicted molar refractivity (Wildman–Crippen MR) is 86.9 cm³/mol. The summed E-state index contributed by atoms with van der Waals surface area (Å²) >= 11 is 0. The maximum absolute atomic E-state index is 12.0. The highest BCUT2D eigenvalue weighted by atomic mass is 16.4. The average Bonchev–Trinajstić information content (AvgIpc) is 3.29. The second kappa shape index (κ2) is 6.11. The van der Waals surface area contributed by atoms with Gasteiger partial charge < -0.3 is 10.0 Å². The Labute approximate surface area is 131 Å². The summed E-state index contributed by atoms with van der Waals surface area (Å²) in [5.41, 5.74) is 0.266. The first-order chi connectivity index (χ1) is 10.7. The fraction of sp³-hybridized carbons (Fsp3) is 0.556. The van der Waals surface area contributed by atoms with E-state index >= 15 is 0 Å². The zero-order chi connectivity index (χ0) is 15.6. The maximum atomic E-state index is 12.0. The molecule has 1 N–H and O–H groups in total. The maximum Gasteiger partial charge on any atom is 0.333 e. The lowest BCUT2D eigenvalue weighted by Gasteiger charge is -2.34. The lowest BCUT2D eigenvalue weighted by Crippen LogP contribution is -2.52. The first-order valence-electron chi connectivity index (χ1n) is 8.26. The number of aliphatic carboxylic acids is 1. The number of carbonyl (C=O) groups is 1. The van der Waals surface area contributed by atoms with E-state index in [-0.39, 0.29) is 6.04 Å². The molecule has 4 heteroatoms. The van der Waals surface area contributed by atoms with Crippen LogP contribution in [0.5, 0.6) is 0 Å². The van der Waals surface area contributed by atoms with E-state index in [0.717, 1.165) is 32.2 Å². The normalized spacial score (nSPS) is 27.3. The minimum absolute atomic E-state index is 0.0109. The summed E-state index contributed by atoms with van der Waals surface area (Å²) in [6.45, 7) is 2.84. The molecule has 1 heterocycles. The average molecular weight is 300 g/mol. The van der Waals surface area contributed by atoms with E-state index in [1.54, 1.807) is 6.34 Å². The van der Waals surface area contributed by atoms with Crippen LogP contribution in [0.15, 0.2) is 35.3 Å². The topological polar surface area (TPSA) is 52.9 Å². The van der Waals surface area contributed by atoms with Gasteiger partial charge in [0, 0.05) is 6.54 Å². The second-order valence-electron chi connectivity index (χ2n) is 6.52.